The Morgan fingerprint density at radius 3 is 2.06 bits per heavy atom. The highest BCUT2D eigenvalue weighted by atomic mass is 19.4. The predicted molar refractivity (Wildman–Crippen MR) is 118 cm³/mol. The van der Waals surface area contributed by atoms with Gasteiger partial charge in [-0.3, -0.25) is 0 Å². The van der Waals surface area contributed by atoms with E-state index in [1.165, 1.54) is 50.7 Å². The number of likely N-dealkylation sites (tertiary alicyclic amines) is 1. The molecule has 202 valence electrons. The van der Waals surface area contributed by atoms with Crippen molar-refractivity contribution >= 4 is 23.0 Å². The summed E-state index contributed by atoms with van der Waals surface area (Å²) >= 11 is 0. The van der Waals surface area contributed by atoms with Crippen molar-refractivity contribution in [3.63, 3.8) is 0 Å². The number of carboxylic acids is 2. The van der Waals surface area contributed by atoms with Gasteiger partial charge >= 0.3 is 24.3 Å². The van der Waals surface area contributed by atoms with Crippen molar-refractivity contribution in [1.82, 2.24) is 14.5 Å². The van der Waals surface area contributed by atoms with Gasteiger partial charge in [-0.2, -0.15) is 26.3 Å². The molecule has 1 aliphatic carbocycles. The topological polar surface area (TPSA) is 95.7 Å². The standard InChI is InChI=1S/C19H27N3.2C2HF3O2/c1-15(22-14-20-18-8-4-5-9-19(18)22)12-21-11-10-16-6-2-3-7-17(16)13-21;2*3-2(4,5)1(6)7/h4-5,8-9,14-17H,2-3,6-7,10-13H2,1H3;2*(H,6,7). The lowest BCUT2D eigenvalue weighted by atomic mass is 9.75. The molecule has 2 N–H and O–H groups in total. The molecule has 1 aliphatic heterocycles. The van der Waals surface area contributed by atoms with Crippen LogP contribution in [0.5, 0.6) is 0 Å². The summed E-state index contributed by atoms with van der Waals surface area (Å²) in [5, 5.41) is 14.2. The van der Waals surface area contributed by atoms with Gasteiger partial charge < -0.3 is 19.7 Å². The summed E-state index contributed by atoms with van der Waals surface area (Å²) in [6.07, 6.45) is -0.857. The Balaban J connectivity index is 0.000000271. The highest BCUT2D eigenvalue weighted by Gasteiger charge is 2.39. The van der Waals surface area contributed by atoms with Gasteiger partial charge in [-0.05, 0) is 50.3 Å². The zero-order valence-corrected chi connectivity index (χ0v) is 19.6. The SMILES string of the molecule is CC(CN1CCC2CCCCC2C1)n1cnc2ccccc21.O=C(O)C(F)(F)F.O=C(O)C(F)(F)F. The Bertz CT molecular complexity index is 984. The van der Waals surface area contributed by atoms with Crippen LogP contribution in [0, 0.1) is 11.8 Å². The van der Waals surface area contributed by atoms with E-state index in [1.54, 1.807) is 0 Å². The van der Waals surface area contributed by atoms with E-state index in [0.29, 0.717) is 6.04 Å². The van der Waals surface area contributed by atoms with Crippen LogP contribution < -0.4 is 0 Å². The summed E-state index contributed by atoms with van der Waals surface area (Å²) in [5.74, 6) is -3.52. The molecule has 1 saturated heterocycles. The Labute approximate surface area is 203 Å². The number of aromatic nitrogens is 2. The van der Waals surface area contributed by atoms with Gasteiger partial charge in [0.2, 0.25) is 0 Å². The van der Waals surface area contributed by atoms with Crippen LogP contribution in [0.1, 0.15) is 45.1 Å². The van der Waals surface area contributed by atoms with Crippen LogP contribution in [0.3, 0.4) is 0 Å². The summed E-state index contributed by atoms with van der Waals surface area (Å²) < 4.78 is 65.8. The molecule has 1 aromatic carbocycles. The van der Waals surface area contributed by atoms with Crippen LogP contribution in [0.15, 0.2) is 30.6 Å². The predicted octanol–water partition coefficient (Wildman–Crippen LogP) is 5.38. The summed E-state index contributed by atoms with van der Waals surface area (Å²) in [4.78, 5) is 25.0. The third-order valence-electron chi connectivity index (χ3n) is 6.34. The second-order valence-electron chi connectivity index (χ2n) is 8.95. The first kappa shape index (κ1) is 29.4. The van der Waals surface area contributed by atoms with Crippen LogP contribution in [0.2, 0.25) is 0 Å². The molecule has 3 atom stereocenters. The van der Waals surface area contributed by atoms with Crippen molar-refractivity contribution in [2.45, 2.75) is 57.4 Å². The van der Waals surface area contributed by atoms with E-state index in [2.05, 4.69) is 45.6 Å². The summed E-state index contributed by atoms with van der Waals surface area (Å²) in [6.45, 7) is 6.10. The largest absolute Gasteiger partial charge is 0.490 e. The maximum absolute atomic E-state index is 10.6. The first-order valence-electron chi connectivity index (χ1n) is 11.4. The minimum Gasteiger partial charge on any atom is -0.475 e. The maximum atomic E-state index is 10.6. The second-order valence-corrected chi connectivity index (χ2v) is 8.95. The van der Waals surface area contributed by atoms with Gasteiger partial charge in [0.25, 0.3) is 0 Å². The molecule has 13 heteroatoms. The fraction of sp³-hybridized carbons (Fsp3) is 0.609. The first-order chi connectivity index (χ1) is 16.7. The average Bonchev–Trinajstić information content (AvgIpc) is 3.23. The third kappa shape index (κ3) is 8.68. The fourth-order valence-electron chi connectivity index (χ4n) is 4.63. The van der Waals surface area contributed by atoms with Gasteiger partial charge in [-0.1, -0.05) is 31.4 Å². The van der Waals surface area contributed by atoms with Gasteiger partial charge in [-0.25, -0.2) is 14.6 Å². The van der Waals surface area contributed by atoms with Crippen LogP contribution in [0.25, 0.3) is 11.0 Å². The van der Waals surface area contributed by atoms with Crippen molar-refractivity contribution in [3.8, 4) is 0 Å². The van der Waals surface area contributed by atoms with Crippen molar-refractivity contribution in [1.29, 1.82) is 0 Å². The number of halogens is 6. The zero-order valence-electron chi connectivity index (χ0n) is 19.6. The Kier molecular flexibility index (Phi) is 10.1. The van der Waals surface area contributed by atoms with Gasteiger partial charge in [0.1, 0.15) is 0 Å². The van der Waals surface area contributed by atoms with Crippen LogP contribution in [0.4, 0.5) is 26.3 Å². The summed E-state index contributed by atoms with van der Waals surface area (Å²) in [5.41, 5.74) is 2.38. The normalized spacial score (nSPS) is 21.3. The van der Waals surface area contributed by atoms with Gasteiger partial charge in [0, 0.05) is 19.1 Å². The summed E-state index contributed by atoms with van der Waals surface area (Å²) in [7, 11) is 0. The number of nitrogens with zero attached hydrogens (tertiary/aromatic N) is 3. The van der Waals surface area contributed by atoms with E-state index >= 15 is 0 Å². The molecule has 2 heterocycles. The minimum atomic E-state index is -5.08. The molecular formula is C23H29F6N3O4. The Morgan fingerprint density at radius 1 is 0.972 bits per heavy atom. The number of carboxylic acid groups (broad SMARTS) is 2. The fourth-order valence-corrected chi connectivity index (χ4v) is 4.63. The average molecular weight is 525 g/mol. The molecule has 0 amide bonds. The molecule has 1 aromatic heterocycles. The number of imidazole rings is 1. The number of hydrogen-bond acceptors (Lipinski definition) is 4. The molecule has 0 bridgehead atoms. The van der Waals surface area contributed by atoms with Crippen LogP contribution in [-0.4, -0.2) is 68.6 Å². The highest BCUT2D eigenvalue weighted by Crippen LogP contribution is 2.36. The molecule has 7 nitrogen and oxygen atoms in total. The lowest BCUT2D eigenvalue weighted by Crippen LogP contribution is -2.43. The molecule has 0 spiro atoms. The van der Waals surface area contributed by atoms with Crippen LogP contribution >= 0.6 is 0 Å². The molecule has 36 heavy (non-hydrogen) atoms. The van der Waals surface area contributed by atoms with E-state index in [9.17, 15) is 26.3 Å². The number of rotatable bonds is 3. The number of aliphatic carboxylic acids is 2. The van der Waals surface area contributed by atoms with Crippen LogP contribution in [-0.2, 0) is 9.59 Å². The number of carbonyl (C=O) groups is 2. The lowest BCUT2D eigenvalue weighted by molar-refractivity contribution is -0.193. The molecule has 2 aromatic rings. The maximum Gasteiger partial charge on any atom is 0.490 e. The summed E-state index contributed by atoms with van der Waals surface area (Å²) in [6, 6.07) is 8.96. The molecule has 2 aliphatic rings. The monoisotopic (exact) mass is 525 g/mol. The van der Waals surface area contributed by atoms with E-state index in [4.69, 9.17) is 19.8 Å². The van der Waals surface area contributed by atoms with E-state index in [0.717, 1.165) is 23.9 Å². The van der Waals surface area contributed by atoms with E-state index in [-0.39, 0.29) is 0 Å². The number of para-hydroxylation sites is 2. The van der Waals surface area contributed by atoms with Gasteiger partial charge in [0.15, 0.2) is 0 Å². The Morgan fingerprint density at radius 2 is 1.50 bits per heavy atom. The smallest absolute Gasteiger partial charge is 0.475 e. The zero-order chi connectivity index (χ0) is 27.1. The lowest BCUT2D eigenvalue weighted by Gasteiger charge is -2.42. The third-order valence-corrected chi connectivity index (χ3v) is 6.34. The van der Waals surface area contributed by atoms with Crippen molar-refractivity contribution < 1.29 is 46.1 Å². The van der Waals surface area contributed by atoms with Gasteiger partial charge in [0.05, 0.1) is 17.4 Å². The van der Waals surface area contributed by atoms with Gasteiger partial charge in [-0.15, -0.1) is 0 Å². The minimum absolute atomic E-state index is 0.493. The van der Waals surface area contributed by atoms with Crippen molar-refractivity contribution in [2.75, 3.05) is 19.6 Å². The van der Waals surface area contributed by atoms with E-state index in [1.807, 2.05) is 6.33 Å². The highest BCUT2D eigenvalue weighted by molar-refractivity contribution is 5.75. The van der Waals surface area contributed by atoms with E-state index < -0.39 is 24.3 Å². The molecule has 2 fully saturated rings. The number of benzene rings is 1. The first-order valence-corrected chi connectivity index (χ1v) is 11.4. The van der Waals surface area contributed by atoms with Crippen molar-refractivity contribution in [3.05, 3.63) is 30.6 Å². The molecule has 1 saturated carbocycles. The Hall–Kier alpha value is -2.83. The number of fused-ring (bicyclic) bond motifs is 2. The molecule has 4 rings (SSSR count). The number of piperidine rings is 1. The van der Waals surface area contributed by atoms with Crippen molar-refractivity contribution in [2.24, 2.45) is 11.8 Å². The second kappa shape index (κ2) is 12.4. The number of alkyl halides is 6. The number of hydrogen-bond donors (Lipinski definition) is 2. The molecule has 0 radical (unpaired) electrons. The molecule has 3 unspecified atom stereocenters. The quantitative estimate of drug-likeness (QED) is 0.523. The molecular weight excluding hydrogens is 496 g/mol.